The number of esters is 1. The highest BCUT2D eigenvalue weighted by molar-refractivity contribution is 6.09. The van der Waals surface area contributed by atoms with Gasteiger partial charge >= 0.3 is 17.9 Å². The minimum Gasteiger partial charge on any atom is -0.480 e. The number of hydrogen-bond acceptors (Lipinski definition) is 4. The summed E-state index contributed by atoms with van der Waals surface area (Å²) in [7, 11) is 1.34. The van der Waals surface area contributed by atoms with Crippen LogP contribution < -0.4 is 0 Å². The van der Waals surface area contributed by atoms with Gasteiger partial charge in [-0.25, -0.2) is 9.59 Å². The lowest BCUT2D eigenvalue weighted by atomic mass is 9.95. The third kappa shape index (κ3) is 3.59. The zero-order valence-corrected chi connectivity index (χ0v) is 16.9. The Morgan fingerprint density at radius 2 is 1.77 bits per heavy atom. The molecule has 0 radical (unpaired) electrons. The Bertz CT molecular complexity index is 1240. The van der Waals surface area contributed by atoms with E-state index in [-0.39, 0.29) is 12.1 Å². The largest absolute Gasteiger partial charge is 0.480 e. The van der Waals surface area contributed by atoms with Crippen LogP contribution in [0, 0.1) is 0 Å². The van der Waals surface area contributed by atoms with Gasteiger partial charge in [-0.15, -0.1) is 0 Å². The molecular formula is C24H21NO6. The maximum absolute atomic E-state index is 12.5. The van der Waals surface area contributed by atoms with E-state index < -0.39 is 17.9 Å². The number of hydrogen-bond donors (Lipinski definition) is 2. The molecule has 0 atom stereocenters. The summed E-state index contributed by atoms with van der Waals surface area (Å²) in [6, 6.07) is 14.0. The minimum atomic E-state index is -1.09. The molecule has 7 heteroatoms. The number of aromatic carboxylic acids is 1. The number of aromatic nitrogens is 1. The van der Waals surface area contributed by atoms with E-state index in [0.29, 0.717) is 35.0 Å². The Morgan fingerprint density at radius 1 is 1.03 bits per heavy atom. The van der Waals surface area contributed by atoms with E-state index in [0.717, 1.165) is 23.1 Å². The van der Waals surface area contributed by atoms with Gasteiger partial charge in [-0.2, -0.15) is 0 Å². The van der Waals surface area contributed by atoms with Crippen LogP contribution >= 0.6 is 0 Å². The fraction of sp³-hybridized carbons (Fsp3) is 0.208. The molecule has 0 fully saturated rings. The van der Waals surface area contributed by atoms with Gasteiger partial charge in [0, 0.05) is 16.5 Å². The molecule has 7 nitrogen and oxygen atoms in total. The summed E-state index contributed by atoms with van der Waals surface area (Å²) in [5.74, 6) is -2.54. The normalized spacial score (nSPS) is 13.6. The highest BCUT2D eigenvalue weighted by atomic mass is 16.5. The summed E-state index contributed by atoms with van der Waals surface area (Å²) in [5, 5.41) is 19.8. The molecular weight excluding hydrogens is 398 g/mol. The van der Waals surface area contributed by atoms with E-state index in [2.05, 4.69) is 0 Å². The molecule has 0 amide bonds. The second kappa shape index (κ2) is 8.10. The topological polar surface area (TPSA) is 106 Å². The minimum absolute atomic E-state index is 0.0661. The summed E-state index contributed by atoms with van der Waals surface area (Å²) >= 11 is 0. The molecule has 2 aromatic carbocycles. The van der Waals surface area contributed by atoms with Gasteiger partial charge in [0.15, 0.2) is 0 Å². The molecule has 1 aliphatic carbocycles. The van der Waals surface area contributed by atoms with Crippen LogP contribution in [0.25, 0.3) is 27.7 Å². The van der Waals surface area contributed by atoms with Gasteiger partial charge in [-0.1, -0.05) is 36.4 Å². The molecule has 1 aromatic heterocycles. The second-order valence-corrected chi connectivity index (χ2v) is 7.41. The van der Waals surface area contributed by atoms with E-state index in [9.17, 15) is 24.6 Å². The van der Waals surface area contributed by atoms with Crippen LogP contribution in [0.2, 0.25) is 0 Å². The molecule has 4 rings (SSSR count). The maximum atomic E-state index is 12.5. The van der Waals surface area contributed by atoms with Crippen molar-refractivity contribution in [3.8, 4) is 11.3 Å². The Kier molecular flexibility index (Phi) is 5.33. The fourth-order valence-corrected chi connectivity index (χ4v) is 4.35. The van der Waals surface area contributed by atoms with Crippen molar-refractivity contribution in [1.82, 2.24) is 4.57 Å². The van der Waals surface area contributed by atoms with Gasteiger partial charge in [0.1, 0.15) is 6.54 Å². The number of carboxylic acid groups (broad SMARTS) is 2. The Hall–Kier alpha value is -3.87. The van der Waals surface area contributed by atoms with E-state index >= 15 is 0 Å². The van der Waals surface area contributed by atoms with Crippen molar-refractivity contribution < 1.29 is 29.3 Å². The average molecular weight is 419 g/mol. The summed E-state index contributed by atoms with van der Waals surface area (Å²) in [6.07, 6.45) is 2.01. The van der Waals surface area contributed by atoms with Crippen LogP contribution in [0.4, 0.5) is 0 Å². The number of aliphatic carboxylic acids is 1. The summed E-state index contributed by atoms with van der Waals surface area (Å²) in [5.41, 5.74) is 4.17. The van der Waals surface area contributed by atoms with E-state index in [1.807, 2.05) is 30.3 Å². The number of ether oxygens (including phenoxy) is 1. The second-order valence-electron chi connectivity index (χ2n) is 7.41. The van der Waals surface area contributed by atoms with Gasteiger partial charge in [-0.05, 0) is 42.5 Å². The lowest BCUT2D eigenvalue weighted by molar-refractivity contribution is -0.138. The zero-order chi connectivity index (χ0) is 22.1. The number of carbonyl (C=O) groups excluding carboxylic acids is 1. The van der Waals surface area contributed by atoms with Gasteiger partial charge in [0.2, 0.25) is 0 Å². The molecule has 0 spiro atoms. The molecule has 2 N–H and O–H groups in total. The molecule has 3 aromatic rings. The Morgan fingerprint density at radius 3 is 2.42 bits per heavy atom. The van der Waals surface area contributed by atoms with Crippen LogP contribution in [-0.2, 0) is 20.9 Å². The summed E-state index contributed by atoms with van der Waals surface area (Å²) in [6.45, 7) is -0.343. The first-order valence-electron chi connectivity index (χ1n) is 9.89. The van der Waals surface area contributed by atoms with Crippen molar-refractivity contribution in [2.75, 3.05) is 7.11 Å². The number of carbonyl (C=O) groups is 3. The highest BCUT2D eigenvalue weighted by Crippen LogP contribution is 2.44. The first kappa shape index (κ1) is 20.4. The van der Waals surface area contributed by atoms with Crippen molar-refractivity contribution in [2.45, 2.75) is 25.8 Å². The van der Waals surface area contributed by atoms with Crippen LogP contribution in [0.5, 0.6) is 0 Å². The monoisotopic (exact) mass is 419 g/mol. The molecule has 0 bridgehead atoms. The van der Waals surface area contributed by atoms with E-state index in [1.54, 1.807) is 10.6 Å². The number of methoxy groups -OCH3 is 1. The highest BCUT2D eigenvalue weighted by Gasteiger charge is 2.29. The van der Waals surface area contributed by atoms with E-state index in [4.69, 9.17) is 4.74 Å². The summed E-state index contributed by atoms with van der Waals surface area (Å²) < 4.78 is 6.61. The van der Waals surface area contributed by atoms with Crippen LogP contribution in [0.15, 0.2) is 54.1 Å². The number of fused-ring (bicyclic) bond motifs is 1. The smallest absolute Gasteiger partial charge is 0.335 e. The Balaban J connectivity index is 2.14. The first-order valence-corrected chi connectivity index (χ1v) is 9.89. The third-order valence-corrected chi connectivity index (χ3v) is 5.60. The number of allylic oxidation sites excluding steroid dienone is 1. The van der Waals surface area contributed by atoms with E-state index in [1.165, 1.54) is 19.2 Å². The van der Waals surface area contributed by atoms with Crippen molar-refractivity contribution in [3.05, 3.63) is 65.2 Å². The molecule has 0 saturated carbocycles. The van der Waals surface area contributed by atoms with Crippen LogP contribution in [-0.4, -0.2) is 39.8 Å². The lowest BCUT2D eigenvalue weighted by Gasteiger charge is -2.13. The Labute approximate surface area is 178 Å². The van der Waals surface area contributed by atoms with Crippen LogP contribution in [0.1, 0.15) is 35.2 Å². The van der Waals surface area contributed by atoms with Gasteiger partial charge in [0.05, 0.1) is 23.9 Å². The van der Waals surface area contributed by atoms with Crippen molar-refractivity contribution >= 4 is 34.4 Å². The van der Waals surface area contributed by atoms with Crippen molar-refractivity contribution in [2.24, 2.45) is 0 Å². The molecule has 1 aliphatic rings. The molecule has 158 valence electrons. The van der Waals surface area contributed by atoms with Gasteiger partial charge in [0.25, 0.3) is 0 Å². The number of benzene rings is 2. The SMILES string of the molecule is COC(=O)C1=C(c2c(-c3ccccc3)n(CC(=O)O)c3cc(C(=O)O)ccc23)CCC1. The van der Waals surface area contributed by atoms with Crippen LogP contribution in [0.3, 0.4) is 0 Å². The average Bonchev–Trinajstić information content (AvgIpc) is 3.36. The first-order chi connectivity index (χ1) is 14.9. The maximum Gasteiger partial charge on any atom is 0.335 e. The standard InChI is InChI=1S/C24H21NO6/c1-31-24(30)17-9-5-8-16(17)21-18-11-10-15(23(28)29)12-19(18)25(13-20(26)27)22(21)14-6-3-2-4-7-14/h2-4,6-7,10-12H,5,8-9,13H2,1H3,(H,26,27)(H,28,29). The van der Waals surface area contributed by atoms with Crippen molar-refractivity contribution in [1.29, 1.82) is 0 Å². The fourth-order valence-electron chi connectivity index (χ4n) is 4.35. The number of nitrogens with zero attached hydrogens (tertiary/aromatic N) is 1. The summed E-state index contributed by atoms with van der Waals surface area (Å²) in [4.78, 5) is 35.8. The third-order valence-electron chi connectivity index (χ3n) is 5.60. The lowest BCUT2D eigenvalue weighted by Crippen LogP contribution is -2.10. The van der Waals surface area contributed by atoms with Gasteiger partial charge in [-0.3, -0.25) is 4.79 Å². The molecule has 0 unspecified atom stereocenters. The van der Waals surface area contributed by atoms with Crippen molar-refractivity contribution in [3.63, 3.8) is 0 Å². The van der Waals surface area contributed by atoms with Gasteiger partial charge < -0.3 is 19.5 Å². The molecule has 31 heavy (non-hydrogen) atoms. The predicted octanol–water partition coefficient (Wildman–Crippen LogP) is 4.20. The number of carboxylic acids is 2. The zero-order valence-electron chi connectivity index (χ0n) is 16.9. The molecule has 0 aliphatic heterocycles. The molecule has 0 saturated heterocycles. The quantitative estimate of drug-likeness (QED) is 0.580. The predicted molar refractivity (Wildman–Crippen MR) is 115 cm³/mol. The number of rotatable bonds is 6. The molecule has 1 heterocycles.